The van der Waals surface area contributed by atoms with Crippen LogP contribution in [0.5, 0.6) is 5.75 Å². The lowest BCUT2D eigenvalue weighted by Crippen LogP contribution is -2.29. The maximum Gasteiger partial charge on any atom is 0.267 e. The largest absolute Gasteiger partial charge is 0.506 e. The van der Waals surface area contributed by atoms with Crippen LogP contribution in [0.25, 0.3) is 10.9 Å². The number of carbonyl (C=O) groups excluding carboxylic acids is 1. The molecule has 3 aromatic rings. The lowest BCUT2D eigenvalue weighted by atomic mass is 10.1. The van der Waals surface area contributed by atoms with Crippen molar-refractivity contribution >= 4 is 22.5 Å². The number of amides is 1. The van der Waals surface area contributed by atoms with Gasteiger partial charge in [-0.3, -0.25) is 9.59 Å². The van der Waals surface area contributed by atoms with Crippen molar-refractivity contribution < 1.29 is 9.90 Å². The van der Waals surface area contributed by atoms with E-state index < -0.39 is 11.5 Å². The van der Waals surface area contributed by atoms with E-state index in [4.69, 9.17) is 0 Å². The van der Waals surface area contributed by atoms with Gasteiger partial charge in [0.1, 0.15) is 11.3 Å². The summed E-state index contributed by atoms with van der Waals surface area (Å²) in [5, 5.41) is 13.6. The average molecular weight is 322 g/mol. The molecule has 0 radical (unpaired) electrons. The van der Waals surface area contributed by atoms with Gasteiger partial charge in [0.15, 0.2) is 0 Å². The molecule has 24 heavy (non-hydrogen) atoms. The number of para-hydroxylation sites is 1. The fraction of sp³-hybridized carbons (Fsp3) is 0.158. The minimum absolute atomic E-state index is 0.239. The number of aryl methyl sites for hydroxylation is 2. The molecule has 0 fully saturated rings. The predicted octanol–water partition coefficient (Wildman–Crippen LogP) is 3.29. The zero-order valence-electron chi connectivity index (χ0n) is 13.5. The molecular formula is C19H18N2O3. The maximum absolute atomic E-state index is 12.7. The Bertz CT molecular complexity index is 990. The average Bonchev–Trinajstić information content (AvgIpc) is 2.55. The Morgan fingerprint density at radius 2 is 1.92 bits per heavy atom. The molecule has 122 valence electrons. The smallest absolute Gasteiger partial charge is 0.267 e. The van der Waals surface area contributed by atoms with Gasteiger partial charge in [0.25, 0.3) is 11.5 Å². The monoisotopic (exact) mass is 322 g/mol. The standard InChI is InChI=1S/C19H18N2O3/c1-3-21-15-10-5-4-9-14(15)17(22)16(19(21)24)18(23)20-13-8-6-7-12(2)11-13/h4-11,22H,3H2,1-2H3,(H,20,23). The van der Waals surface area contributed by atoms with Crippen molar-refractivity contribution in [2.75, 3.05) is 5.32 Å². The Balaban J connectivity index is 2.15. The molecule has 1 amide bonds. The summed E-state index contributed by atoms with van der Waals surface area (Å²) in [6.45, 7) is 4.14. The third-order valence-electron chi connectivity index (χ3n) is 3.97. The zero-order chi connectivity index (χ0) is 17.3. The van der Waals surface area contributed by atoms with Crippen LogP contribution in [-0.2, 0) is 6.54 Å². The van der Waals surface area contributed by atoms with Gasteiger partial charge in [-0.25, -0.2) is 0 Å². The summed E-state index contributed by atoms with van der Waals surface area (Å²) in [7, 11) is 0. The van der Waals surface area contributed by atoms with Crippen LogP contribution in [0.1, 0.15) is 22.8 Å². The minimum atomic E-state index is -0.615. The highest BCUT2D eigenvalue weighted by Gasteiger charge is 2.21. The fourth-order valence-corrected chi connectivity index (χ4v) is 2.82. The van der Waals surface area contributed by atoms with E-state index in [-0.39, 0.29) is 11.3 Å². The fourth-order valence-electron chi connectivity index (χ4n) is 2.82. The third-order valence-corrected chi connectivity index (χ3v) is 3.97. The summed E-state index contributed by atoms with van der Waals surface area (Å²) in [6.07, 6.45) is 0. The number of benzene rings is 2. The Labute approximate surface area is 139 Å². The van der Waals surface area contributed by atoms with Crippen LogP contribution in [0.4, 0.5) is 5.69 Å². The van der Waals surface area contributed by atoms with Crippen LogP contribution in [0, 0.1) is 6.92 Å². The van der Waals surface area contributed by atoms with Crippen LogP contribution in [0.2, 0.25) is 0 Å². The normalized spacial score (nSPS) is 10.8. The van der Waals surface area contributed by atoms with Crippen LogP contribution in [0.15, 0.2) is 53.3 Å². The highest BCUT2D eigenvalue weighted by molar-refractivity contribution is 6.09. The number of aromatic hydroxyl groups is 1. The molecule has 5 heteroatoms. The van der Waals surface area contributed by atoms with Gasteiger partial charge < -0.3 is 15.0 Å². The number of hydrogen-bond acceptors (Lipinski definition) is 3. The van der Waals surface area contributed by atoms with Crippen molar-refractivity contribution in [3.05, 3.63) is 70.0 Å². The first-order valence-electron chi connectivity index (χ1n) is 7.75. The SMILES string of the molecule is CCn1c(=O)c(C(=O)Nc2cccc(C)c2)c(O)c2ccccc21. The number of anilines is 1. The van der Waals surface area contributed by atoms with Crippen molar-refractivity contribution in [3.63, 3.8) is 0 Å². The summed E-state index contributed by atoms with van der Waals surface area (Å²) < 4.78 is 1.49. The van der Waals surface area contributed by atoms with E-state index in [0.717, 1.165) is 5.56 Å². The van der Waals surface area contributed by atoms with Gasteiger partial charge in [-0.1, -0.05) is 24.3 Å². The van der Waals surface area contributed by atoms with Gasteiger partial charge in [0.05, 0.1) is 5.52 Å². The Kier molecular flexibility index (Phi) is 4.08. The van der Waals surface area contributed by atoms with Gasteiger partial charge >= 0.3 is 0 Å². The number of fused-ring (bicyclic) bond motifs is 1. The van der Waals surface area contributed by atoms with Crippen LogP contribution < -0.4 is 10.9 Å². The quantitative estimate of drug-likeness (QED) is 0.777. The van der Waals surface area contributed by atoms with E-state index in [9.17, 15) is 14.7 Å². The van der Waals surface area contributed by atoms with Gasteiger partial charge in [-0.05, 0) is 43.7 Å². The third kappa shape index (κ3) is 2.65. The molecule has 2 aromatic carbocycles. The molecule has 1 aromatic heterocycles. The number of nitrogens with zero attached hydrogens (tertiary/aromatic N) is 1. The highest BCUT2D eigenvalue weighted by atomic mass is 16.3. The molecule has 0 aliphatic heterocycles. The first-order chi connectivity index (χ1) is 11.5. The predicted molar refractivity (Wildman–Crippen MR) is 94.7 cm³/mol. The van der Waals surface area contributed by atoms with Crippen molar-refractivity contribution in [3.8, 4) is 5.75 Å². The first-order valence-corrected chi connectivity index (χ1v) is 7.75. The maximum atomic E-state index is 12.7. The molecular weight excluding hydrogens is 304 g/mol. The Morgan fingerprint density at radius 3 is 2.62 bits per heavy atom. The Morgan fingerprint density at radius 1 is 1.17 bits per heavy atom. The van der Waals surface area contributed by atoms with Crippen LogP contribution >= 0.6 is 0 Å². The second kappa shape index (κ2) is 6.20. The molecule has 0 atom stereocenters. The van der Waals surface area contributed by atoms with Crippen molar-refractivity contribution in [1.29, 1.82) is 0 Å². The topological polar surface area (TPSA) is 71.3 Å². The number of aromatic nitrogens is 1. The molecule has 0 aliphatic rings. The van der Waals surface area contributed by atoms with E-state index in [1.54, 1.807) is 36.4 Å². The molecule has 2 N–H and O–H groups in total. The second-order valence-corrected chi connectivity index (χ2v) is 5.61. The van der Waals surface area contributed by atoms with E-state index in [1.807, 2.05) is 26.0 Å². The summed E-state index contributed by atoms with van der Waals surface area (Å²) in [4.78, 5) is 25.3. The van der Waals surface area contributed by atoms with E-state index >= 15 is 0 Å². The zero-order valence-corrected chi connectivity index (χ0v) is 13.5. The number of carbonyl (C=O) groups is 1. The second-order valence-electron chi connectivity index (χ2n) is 5.61. The van der Waals surface area contributed by atoms with Crippen molar-refractivity contribution in [1.82, 2.24) is 4.57 Å². The van der Waals surface area contributed by atoms with Gasteiger partial charge in [0, 0.05) is 17.6 Å². The first kappa shape index (κ1) is 15.8. The molecule has 0 saturated carbocycles. The van der Waals surface area contributed by atoms with Crippen molar-refractivity contribution in [2.24, 2.45) is 0 Å². The molecule has 0 saturated heterocycles. The molecule has 0 unspecified atom stereocenters. The number of rotatable bonds is 3. The number of nitrogens with one attached hydrogen (secondary N) is 1. The number of pyridine rings is 1. The lowest BCUT2D eigenvalue weighted by Gasteiger charge is -2.13. The highest BCUT2D eigenvalue weighted by Crippen LogP contribution is 2.26. The molecule has 0 spiro atoms. The van der Waals surface area contributed by atoms with Gasteiger partial charge in [0.2, 0.25) is 0 Å². The van der Waals surface area contributed by atoms with Gasteiger partial charge in [-0.2, -0.15) is 0 Å². The molecule has 5 nitrogen and oxygen atoms in total. The van der Waals surface area contributed by atoms with E-state index in [0.29, 0.717) is 23.1 Å². The van der Waals surface area contributed by atoms with Gasteiger partial charge in [-0.15, -0.1) is 0 Å². The Hall–Kier alpha value is -3.08. The number of hydrogen-bond donors (Lipinski definition) is 2. The lowest BCUT2D eigenvalue weighted by molar-refractivity contribution is 0.102. The summed E-state index contributed by atoms with van der Waals surface area (Å²) in [5.74, 6) is -0.901. The summed E-state index contributed by atoms with van der Waals surface area (Å²) in [5.41, 5.74) is 1.43. The molecule has 0 bridgehead atoms. The summed E-state index contributed by atoms with van der Waals surface area (Å²) in [6, 6.07) is 14.3. The molecule has 0 aliphatic carbocycles. The molecule has 3 rings (SSSR count). The summed E-state index contributed by atoms with van der Waals surface area (Å²) >= 11 is 0. The van der Waals surface area contributed by atoms with Crippen molar-refractivity contribution in [2.45, 2.75) is 20.4 Å². The van der Waals surface area contributed by atoms with E-state index in [2.05, 4.69) is 5.32 Å². The minimum Gasteiger partial charge on any atom is -0.506 e. The van der Waals surface area contributed by atoms with Crippen LogP contribution in [-0.4, -0.2) is 15.6 Å². The van der Waals surface area contributed by atoms with E-state index in [1.165, 1.54) is 4.57 Å². The van der Waals surface area contributed by atoms with Crippen LogP contribution in [0.3, 0.4) is 0 Å². The molecule has 1 heterocycles.